The van der Waals surface area contributed by atoms with Gasteiger partial charge in [0.2, 0.25) is 0 Å². The molecule has 0 bridgehead atoms. The molecule has 1 amide bonds. The summed E-state index contributed by atoms with van der Waals surface area (Å²) >= 11 is 0. The highest BCUT2D eigenvalue weighted by Gasteiger charge is 2.15. The Morgan fingerprint density at radius 3 is 2.47 bits per heavy atom. The van der Waals surface area contributed by atoms with E-state index in [-0.39, 0.29) is 18.6 Å². The number of nitrogens with zero attached hydrogens (tertiary/aromatic N) is 1. The molecule has 15 heavy (non-hydrogen) atoms. The lowest BCUT2D eigenvalue weighted by Gasteiger charge is -2.14. The van der Waals surface area contributed by atoms with Crippen LogP contribution in [0.2, 0.25) is 0 Å². The van der Waals surface area contributed by atoms with E-state index in [0.29, 0.717) is 0 Å². The number of likely N-dealkylation sites (N-methyl/N-ethyl adjacent to an activating group) is 1. The third-order valence-corrected chi connectivity index (χ3v) is 1.89. The van der Waals surface area contributed by atoms with Gasteiger partial charge in [0.1, 0.15) is 6.04 Å². The van der Waals surface area contributed by atoms with Crippen molar-refractivity contribution < 1.29 is 14.3 Å². The van der Waals surface area contributed by atoms with Crippen LogP contribution < -0.4 is 5.32 Å². The summed E-state index contributed by atoms with van der Waals surface area (Å²) in [6.07, 6.45) is 0.953. The number of carbonyl (C=O) groups is 2. The summed E-state index contributed by atoms with van der Waals surface area (Å²) in [7, 11) is 3.24. The van der Waals surface area contributed by atoms with Crippen molar-refractivity contribution in [1.82, 2.24) is 10.2 Å². The molecule has 1 atom stereocenters. The Kier molecular flexibility index (Phi) is 6.70. The van der Waals surface area contributed by atoms with Crippen molar-refractivity contribution in [2.75, 3.05) is 27.2 Å². The lowest BCUT2D eigenvalue weighted by Crippen LogP contribution is -2.37. The van der Waals surface area contributed by atoms with Crippen molar-refractivity contribution in [1.29, 1.82) is 0 Å². The summed E-state index contributed by atoms with van der Waals surface area (Å²) in [6, 6.07) is -0.361. The van der Waals surface area contributed by atoms with Gasteiger partial charge in [-0.05, 0) is 19.9 Å². The minimum absolute atomic E-state index is 0.190. The zero-order chi connectivity index (χ0) is 11.8. The predicted molar refractivity (Wildman–Crippen MR) is 57.4 cm³/mol. The summed E-state index contributed by atoms with van der Waals surface area (Å²) in [6.45, 7) is 4.31. The van der Waals surface area contributed by atoms with Gasteiger partial charge >= 0.3 is 5.97 Å². The summed E-state index contributed by atoms with van der Waals surface area (Å²) < 4.78 is 4.83. The lowest BCUT2D eigenvalue weighted by molar-refractivity contribution is -0.152. The molecule has 88 valence electrons. The standard InChI is InChI=1S/C10H20N2O3/c1-5-6-11-8(2)10(14)15-7-9(13)12(3)4/h8,11H,5-7H2,1-4H3. The third-order valence-electron chi connectivity index (χ3n) is 1.89. The van der Waals surface area contributed by atoms with Crippen LogP contribution in [0.25, 0.3) is 0 Å². The van der Waals surface area contributed by atoms with E-state index in [0.717, 1.165) is 13.0 Å². The van der Waals surface area contributed by atoms with Crippen LogP contribution in [0.15, 0.2) is 0 Å². The van der Waals surface area contributed by atoms with E-state index in [4.69, 9.17) is 4.74 Å². The second-order valence-corrected chi connectivity index (χ2v) is 3.57. The van der Waals surface area contributed by atoms with Crippen LogP contribution in [0.3, 0.4) is 0 Å². The molecule has 0 aromatic carbocycles. The van der Waals surface area contributed by atoms with Crippen LogP contribution in [0.4, 0.5) is 0 Å². The first kappa shape index (κ1) is 13.9. The van der Waals surface area contributed by atoms with E-state index in [1.54, 1.807) is 21.0 Å². The van der Waals surface area contributed by atoms with Crippen LogP contribution in [0.5, 0.6) is 0 Å². The first-order valence-electron chi connectivity index (χ1n) is 5.09. The maximum atomic E-state index is 11.3. The fraction of sp³-hybridized carbons (Fsp3) is 0.800. The van der Waals surface area contributed by atoms with Crippen LogP contribution in [0, 0.1) is 0 Å². The Labute approximate surface area is 90.8 Å². The maximum absolute atomic E-state index is 11.3. The van der Waals surface area contributed by atoms with Crippen molar-refractivity contribution in [3.05, 3.63) is 0 Å². The molecule has 0 saturated carbocycles. The van der Waals surface area contributed by atoms with E-state index in [9.17, 15) is 9.59 Å². The maximum Gasteiger partial charge on any atom is 0.323 e. The number of rotatable bonds is 6. The Hall–Kier alpha value is -1.10. The van der Waals surface area contributed by atoms with Crippen LogP contribution >= 0.6 is 0 Å². The molecule has 0 aromatic heterocycles. The molecule has 0 aromatic rings. The normalized spacial score (nSPS) is 12.0. The van der Waals surface area contributed by atoms with E-state index in [2.05, 4.69) is 5.32 Å². The Bertz CT molecular complexity index is 217. The average molecular weight is 216 g/mol. The Morgan fingerprint density at radius 1 is 1.40 bits per heavy atom. The number of ether oxygens (including phenoxy) is 1. The minimum atomic E-state index is -0.390. The monoisotopic (exact) mass is 216 g/mol. The number of carbonyl (C=O) groups excluding carboxylic acids is 2. The van der Waals surface area contributed by atoms with Gasteiger partial charge in [-0.15, -0.1) is 0 Å². The lowest BCUT2D eigenvalue weighted by atomic mass is 10.3. The van der Waals surface area contributed by atoms with Gasteiger partial charge in [0.05, 0.1) is 0 Å². The molecule has 0 rings (SSSR count). The molecular weight excluding hydrogens is 196 g/mol. The highest BCUT2D eigenvalue weighted by molar-refractivity contribution is 5.81. The zero-order valence-electron chi connectivity index (χ0n) is 9.87. The highest BCUT2D eigenvalue weighted by atomic mass is 16.5. The minimum Gasteiger partial charge on any atom is -0.454 e. The van der Waals surface area contributed by atoms with Gasteiger partial charge < -0.3 is 15.0 Å². The highest BCUT2D eigenvalue weighted by Crippen LogP contribution is 1.90. The van der Waals surface area contributed by atoms with Gasteiger partial charge in [0.25, 0.3) is 5.91 Å². The van der Waals surface area contributed by atoms with Gasteiger partial charge in [0, 0.05) is 14.1 Å². The fourth-order valence-corrected chi connectivity index (χ4v) is 0.831. The molecule has 0 aliphatic rings. The number of amides is 1. The number of nitrogens with one attached hydrogen (secondary N) is 1. The Balaban J connectivity index is 3.78. The molecule has 0 heterocycles. The van der Waals surface area contributed by atoms with Crippen molar-refractivity contribution >= 4 is 11.9 Å². The molecule has 1 N–H and O–H groups in total. The molecule has 0 radical (unpaired) electrons. The molecular formula is C10H20N2O3. The fourth-order valence-electron chi connectivity index (χ4n) is 0.831. The molecule has 1 unspecified atom stereocenters. The molecule has 5 nitrogen and oxygen atoms in total. The average Bonchev–Trinajstić information content (AvgIpc) is 2.21. The van der Waals surface area contributed by atoms with E-state index >= 15 is 0 Å². The van der Waals surface area contributed by atoms with Crippen molar-refractivity contribution in [2.24, 2.45) is 0 Å². The molecule has 0 saturated heterocycles. The summed E-state index contributed by atoms with van der Waals surface area (Å²) in [5.41, 5.74) is 0. The summed E-state index contributed by atoms with van der Waals surface area (Å²) in [5.74, 6) is -0.607. The topological polar surface area (TPSA) is 58.6 Å². The van der Waals surface area contributed by atoms with Crippen molar-refractivity contribution in [3.63, 3.8) is 0 Å². The van der Waals surface area contributed by atoms with Crippen molar-refractivity contribution in [3.8, 4) is 0 Å². The van der Waals surface area contributed by atoms with Gasteiger partial charge in [0.15, 0.2) is 6.61 Å². The second-order valence-electron chi connectivity index (χ2n) is 3.57. The first-order valence-corrected chi connectivity index (χ1v) is 5.09. The SMILES string of the molecule is CCCNC(C)C(=O)OCC(=O)N(C)C. The molecule has 0 aliphatic heterocycles. The van der Waals surface area contributed by atoms with E-state index in [1.807, 2.05) is 6.92 Å². The second kappa shape index (κ2) is 7.23. The Morgan fingerprint density at radius 2 is 2.00 bits per heavy atom. The molecule has 0 spiro atoms. The van der Waals surface area contributed by atoms with Gasteiger partial charge in [-0.3, -0.25) is 9.59 Å². The summed E-state index contributed by atoms with van der Waals surface area (Å²) in [5, 5.41) is 2.99. The predicted octanol–water partition coefficient (Wildman–Crippen LogP) is 0.00590. The van der Waals surface area contributed by atoms with Crippen molar-refractivity contribution in [2.45, 2.75) is 26.3 Å². The van der Waals surface area contributed by atoms with Crippen LogP contribution in [0.1, 0.15) is 20.3 Å². The molecule has 0 aliphatic carbocycles. The molecule has 0 fully saturated rings. The van der Waals surface area contributed by atoms with Gasteiger partial charge in [-0.25, -0.2) is 0 Å². The van der Waals surface area contributed by atoms with E-state index in [1.165, 1.54) is 4.90 Å². The largest absolute Gasteiger partial charge is 0.454 e. The molecule has 5 heteroatoms. The first-order chi connectivity index (χ1) is 6.99. The van der Waals surface area contributed by atoms with Gasteiger partial charge in [-0.2, -0.15) is 0 Å². The third kappa shape index (κ3) is 6.06. The number of hydrogen-bond acceptors (Lipinski definition) is 4. The smallest absolute Gasteiger partial charge is 0.323 e. The van der Waals surface area contributed by atoms with Gasteiger partial charge in [-0.1, -0.05) is 6.92 Å². The number of hydrogen-bond donors (Lipinski definition) is 1. The van der Waals surface area contributed by atoms with E-state index < -0.39 is 5.97 Å². The quantitative estimate of drug-likeness (QED) is 0.635. The van der Waals surface area contributed by atoms with Crippen LogP contribution in [-0.4, -0.2) is 50.1 Å². The van der Waals surface area contributed by atoms with Crippen LogP contribution in [-0.2, 0) is 14.3 Å². The summed E-state index contributed by atoms with van der Waals surface area (Å²) in [4.78, 5) is 23.8. The zero-order valence-corrected chi connectivity index (χ0v) is 9.87. The number of esters is 1.